The SMILES string of the molecule is FC(F)(F)CCN1CCC(n2cnc3cnc4[nH]ccc4c32)CC1. The number of halogens is 3. The molecule has 3 aromatic heterocycles. The minimum absolute atomic E-state index is 0.0902. The van der Waals surface area contributed by atoms with E-state index in [4.69, 9.17) is 0 Å². The van der Waals surface area contributed by atoms with Gasteiger partial charge in [-0.3, -0.25) is 0 Å². The molecule has 5 nitrogen and oxygen atoms in total. The Hall–Kier alpha value is -2.09. The number of H-pyrrole nitrogens is 1. The fourth-order valence-electron chi connectivity index (χ4n) is 3.51. The van der Waals surface area contributed by atoms with Gasteiger partial charge in [0.15, 0.2) is 0 Å². The summed E-state index contributed by atoms with van der Waals surface area (Å²) in [5, 5.41) is 1.03. The minimum atomic E-state index is -4.08. The first-order valence-corrected chi connectivity index (χ1v) is 8.09. The first kappa shape index (κ1) is 15.4. The van der Waals surface area contributed by atoms with Crippen molar-refractivity contribution in [3.63, 3.8) is 0 Å². The zero-order chi connectivity index (χ0) is 16.7. The van der Waals surface area contributed by atoms with Gasteiger partial charge in [-0.15, -0.1) is 0 Å². The highest BCUT2D eigenvalue weighted by Gasteiger charge is 2.29. The van der Waals surface area contributed by atoms with Gasteiger partial charge in [-0.2, -0.15) is 13.2 Å². The van der Waals surface area contributed by atoms with E-state index in [0.717, 1.165) is 34.9 Å². The summed E-state index contributed by atoms with van der Waals surface area (Å²) in [6.07, 6.45) is 2.28. The third kappa shape index (κ3) is 2.86. The Morgan fingerprint density at radius 1 is 1.21 bits per heavy atom. The van der Waals surface area contributed by atoms with Crippen LogP contribution in [-0.2, 0) is 0 Å². The number of nitrogens with zero attached hydrogens (tertiary/aromatic N) is 4. The number of likely N-dealkylation sites (tertiary alicyclic amines) is 1. The number of imidazole rings is 1. The van der Waals surface area contributed by atoms with Gasteiger partial charge in [-0.1, -0.05) is 0 Å². The number of piperidine rings is 1. The Labute approximate surface area is 136 Å². The molecule has 0 aliphatic carbocycles. The molecule has 0 amide bonds. The highest BCUT2D eigenvalue weighted by atomic mass is 19.4. The first-order chi connectivity index (χ1) is 11.5. The van der Waals surface area contributed by atoms with Crippen LogP contribution in [0.4, 0.5) is 13.2 Å². The second-order valence-electron chi connectivity index (χ2n) is 6.32. The number of aromatic nitrogens is 4. The largest absolute Gasteiger partial charge is 0.390 e. The number of nitrogens with one attached hydrogen (secondary N) is 1. The number of aromatic amines is 1. The molecule has 24 heavy (non-hydrogen) atoms. The third-order valence-corrected chi connectivity index (χ3v) is 4.78. The highest BCUT2D eigenvalue weighted by molar-refractivity contribution is 6.00. The van der Waals surface area contributed by atoms with Crippen molar-refractivity contribution < 1.29 is 13.2 Å². The summed E-state index contributed by atoms with van der Waals surface area (Å²) in [5.41, 5.74) is 2.73. The molecule has 1 aliphatic heterocycles. The van der Waals surface area contributed by atoms with Gasteiger partial charge in [0.05, 0.1) is 24.5 Å². The minimum Gasteiger partial charge on any atom is -0.346 e. The Morgan fingerprint density at radius 2 is 2.00 bits per heavy atom. The smallest absolute Gasteiger partial charge is 0.346 e. The molecule has 0 spiro atoms. The molecule has 128 valence electrons. The number of alkyl halides is 3. The van der Waals surface area contributed by atoms with Crippen LogP contribution in [0.2, 0.25) is 0 Å². The average Bonchev–Trinajstić information content (AvgIpc) is 3.18. The number of hydrogen-bond acceptors (Lipinski definition) is 3. The molecule has 0 bridgehead atoms. The topological polar surface area (TPSA) is 49.7 Å². The van der Waals surface area contributed by atoms with E-state index >= 15 is 0 Å². The highest BCUT2D eigenvalue weighted by Crippen LogP contribution is 2.30. The van der Waals surface area contributed by atoms with Gasteiger partial charge in [-0.25, -0.2) is 9.97 Å². The predicted octanol–water partition coefficient (Wildman–Crippen LogP) is 3.50. The fraction of sp³-hybridized carbons (Fsp3) is 0.500. The van der Waals surface area contributed by atoms with Crippen LogP contribution in [0, 0.1) is 0 Å². The molecule has 8 heteroatoms. The van der Waals surface area contributed by atoms with Gasteiger partial charge < -0.3 is 14.5 Å². The Kier molecular flexibility index (Phi) is 3.71. The van der Waals surface area contributed by atoms with Crippen LogP contribution >= 0.6 is 0 Å². The van der Waals surface area contributed by atoms with Crippen molar-refractivity contribution in [2.24, 2.45) is 0 Å². The lowest BCUT2D eigenvalue weighted by atomic mass is 10.0. The van der Waals surface area contributed by atoms with E-state index in [1.165, 1.54) is 0 Å². The van der Waals surface area contributed by atoms with Crippen LogP contribution in [0.15, 0.2) is 24.8 Å². The van der Waals surface area contributed by atoms with Crippen molar-refractivity contribution in [2.75, 3.05) is 19.6 Å². The molecule has 0 atom stereocenters. The normalized spacial score (nSPS) is 18.0. The molecule has 0 saturated carbocycles. The van der Waals surface area contributed by atoms with Crippen LogP contribution in [-0.4, -0.2) is 50.2 Å². The zero-order valence-electron chi connectivity index (χ0n) is 13.1. The molecule has 0 radical (unpaired) electrons. The van der Waals surface area contributed by atoms with E-state index in [2.05, 4.69) is 19.5 Å². The van der Waals surface area contributed by atoms with E-state index in [1.807, 2.05) is 23.5 Å². The standard InChI is InChI=1S/C16H18F3N5/c17-16(18,19)4-8-23-6-2-11(3-7-23)24-10-22-13-9-21-15-12(14(13)24)1-5-20-15/h1,5,9-11H,2-4,6-8H2,(H,20,21). The van der Waals surface area contributed by atoms with Gasteiger partial charge in [0.1, 0.15) is 11.2 Å². The Bertz CT molecular complexity index is 842. The van der Waals surface area contributed by atoms with E-state index in [0.29, 0.717) is 13.1 Å². The van der Waals surface area contributed by atoms with E-state index in [1.54, 1.807) is 6.20 Å². The van der Waals surface area contributed by atoms with Crippen LogP contribution < -0.4 is 0 Å². The summed E-state index contributed by atoms with van der Waals surface area (Å²) < 4.78 is 39.2. The van der Waals surface area contributed by atoms with Crippen molar-refractivity contribution in [3.8, 4) is 0 Å². The van der Waals surface area contributed by atoms with Crippen molar-refractivity contribution in [1.29, 1.82) is 0 Å². The lowest BCUT2D eigenvalue weighted by molar-refractivity contribution is -0.138. The van der Waals surface area contributed by atoms with E-state index < -0.39 is 12.6 Å². The average molecular weight is 337 g/mol. The molecular formula is C16H18F3N5. The number of pyridine rings is 1. The summed E-state index contributed by atoms with van der Waals surface area (Å²) in [6.45, 7) is 1.45. The first-order valence-electron chi connectivity index (χ1n) is 8.09. The predicted molar refractivity (Wildman–Crippen MR) is 84.8 cm³/mol. The third-order valence-electron chi connectivity index (χ3n) is 4.78. The maximum Gasteiger partial charge on any atom is 0.390 e. The van der Waals surface area contributed by atoms with Gasteiger partial charge in [-0.05, 0) is 18.9 Å². The second kappa shape index (κ2) is 5.77. The Morgan fingerprint density at radius 3 is 2.75 bits per heavy atom. The van der Waals surface area contributed by atoms with Crippen molar-refractivity contribution in [2.45, 2.75) is 31.5 Å². The summed E-state index contributed by atoms with van der Waals surface area (Å²) in [6, 6.07) is 2.25. The lowest BCUT2D eigenvalue weighted by Gasteiger charge is -2.33. The molecule has 4 heterocycles. The van der Waals surface area contributed by atoms with Crippen molar-refractivity contribution in [3.05, 3.63) is 24.8 Å². The zero-order valence-corrected chi connectivity index (χ0v) is 13.1. The summed E-state index contributed by atoms with van der Waals surface area (Å²) in [4.78, 5) is 13.8. The molecule has 4 rings (SSSR count). The number of fused-ring (bicyclic) bond motifs is 3. The maximum atomic E-state index is 12.4. The molecule has 0 aromatic carbocycles. The van der Waals surface area contributed by atoms with Crippen LogP contribution in [0.5, 0.6) is 0 Å². The van der Waals surface area contributed by atoms with Crippen LogP contribution in [0.25, 0.3) is 22.1 Å². The fourth-order valence-corrected chi connectivity index (χ4v) is 3.51. The molecule has 1 aliphatic rings. The maximum absolute atomic E-state index is 12.4. The summed E-state index contributed by atoms with van der Waals surface area (Å²) >= 11 is 0. The molecule has 1 N–H and O–H groups in total. The summed E-state index contributed by atoms with van der Waals surface area (Å²) in [7, 11) is 0. The summed E-state index contributed by atoms with van der Waals surface area (Å²) in [5.74, 6) is 0. The van der Waals surface area contributed by atoms with Gasteiger partial charge in [0, 0.05) is 37.3 Å². The van der Waals surface area contributed by atoms with Crippen molar-refractivity contribution >= 4 is 22.1 Å². The van der Waals surface area contributed by atoms with E-state index in [-0.39, 0.29) is 12.6 Å². The van der Waals surface area contributed by atoms with Crippen LogP contribution in [0.3, 0.4) is 0 Å². The molecule has 1 fully saturated rings. The quantitative estimate of drug-likeness (QED) is 0.796. The monoisotopic (exact) mass is 337 g/mol. The second-order valence-corrected chi connectivity index (χ2v) is 6.32. The van der Waals surface area contributed by atoms with Gasteiger partial charge in [0.2, 0.25) is 0 Å². The van der Waals surface area contributed by atoms with E-state index in [9.17, 15) is 13.2 Å². The van der Waals surface area contributed by atoms with Gasteiger partial charge in [0.25, 0.3) is 0 Å². The number of rotatable bonds is 3. The lowest BCUT2D eigenvalue weighted by Crippen LogP contribution is -2.36. The molecule has 3 aromatic rings. The van der Waals surface area contributed by atoms with Gasteiger partial charge >= 0.3 is 6.18 Å². The molecule has 0 unspecified atom stereocenters. The Balaban J connectivity index is 1.52. The number of hydrogen-bond donors (Lipinski definition) is 1. The molecular weight excluding hydrogens is 319 g/mol. The van der Waals surface area contributed by atoms with Crippen molar-refractivity contribution in [1.82, 2.24) is 24.4 Å². The van der Waals surface area contributed by atoms with Crippen LogP contribution in [0.1, 0.15) is 25.3 Å². The molecule has 1 saturated heterocycles.